The number of pyridine rings is 1. The predicted octanol–water partition coefficient (Wildman–Crippen LogP) is 4.12. The lowest BCUT2D eigenvalue weighted by Crippen LogP contribution is -1.98. The number of rotatable bonds is 3. The van der Waals surface area contributed by atoms with Crippen LogP contribution in [0.4, 0.5) is 0 Å². The topological polar surface area (TPSA) is 78.8 Å². The summed E-state index contributed by atoms with van der Waals surface area (Å²) in [6, 6.07) is 13.2. The first kappa shape index (κ1) is 15.8. The van der Waals surface area contributed by atoms with Gasteiger partial charge in [0.25, 0.3) is 0 Å². The van der Waals surface area contributed by atoms with Crippen LogP contribution >= 0.6 is 11.3 Å². The molecule has 0 amide bonds. The summed E-state index contributed by atoms with van der Waals surface area (Å²) in [6.45, 7) is 1.99. The van der Waals surface area contributed by atoms with E-state index in [0.29, 0.717) is 0 Å². The zero-order valence-corrected chi connectivity index (χ0v) is 15.2. The van der Waals surface area contributed by atoms with E-state index in [0.717, 1.165) is 43.7 Å². The monoisotopic (exact) mass is 373 g/mol. The third-order valence-electron chi connectivity index (χ3n) is 4.45. The zero-order chi connectivity index (χ0) is 18.4. The number of nitrogens with one attached hydrogen (secondary N) is 2. The number of hydrogen-bond acceptors (Lipinski definition) is 4. The van der Waals surface area contributed by atoms with Gasteiger partial charge in [0, 0.05) is 42.0 Å². The van der Waals surface area contributed by atoms with Gasteiger partial charge in [0.05, 0.1) is 21.7 Å². The van der Waals surface area contributed by atoms with Gasteiger partial charge in [-0.15, -0.1) is 11.3 Å². The molecule has 1 aromatic carbocycles. The molecule has 4 aromatic heterocycles. The van der Waals surface area contributed by atoms with E-state index in [1.807, 2.05) is 41.8 Å². The van der Waals surface area contributed by atoms with Crippen LogP contribution in [-0.2, 0) is 0 Å². The largest absolute Gasteiger partial charge is 0.344 e. The van der Waals surface area contributed by atoms with Crippen LogP contribution in [0.1, 0.15) is 5.69 Å². The Bertz CT molecular complexity index is 1300. The van der Waals surface area contributed by atoms with Gasteiger partial charge in [0.2, 0.25) is 0 Å². The molecule has 0 spiro atoms. The number of benzene rings is 1. The van der Waals surface area contributed by atoms with Crippen LogP contribution in [0.3, 0.4) is 0 Å². The Morgan fingerprint density at radius 2 is 2.00 bits per heavy atom. The predicted molar refractivity (Wildman–Crippen MR) is 107 cm³/mol. The second-order valence-electron chi connectivity index (χ2n) is 6.23. The van der Waals surface area contributed by atoms with E-state index in [2.05, 4.69) is 15.1 Å². The molecule has 0 aliphatic carbocycles. The van der Waals surface area contributed by atoms with E-state index in [1.54, 1.807) is 36.0 Å². The van der Waals surface area contributed by atoms with Crippen LogP contribution in [-0.4, -0.2) is 24.6 Å². The fraction of sp³-hybridized carbons (Fsp3) is 0.0500. The Morgan fingerprint density at radius 1 is 1.15 bits per heavy atom. The number of H-pyrrole nitrogens is 2. The second kappa shape index (κ2) is 6.07. The molecular formula is C20H15N5OS. The van der Waals surface area contributed by atoms with E-state index in [9.17, 15) is 4.79 Å². The molecule has 7 heteroatoms. The molecule has 2 N–H and O–H groups in total. The molecule has 4 heterocycles. The summed E-state index contributed by atoms with van der Waals surface area (Å²) in [4.78, 5) is 25.4. The summed E-state index contributed by atoms with van der Waals surface area (Å²) in [5.41, 5.74) is 4.59. The van der Waals surface area contributed by atoms with Gasteiger partial charge in [-0.3, -0.25) is 14.4 Å². The Hall–Kier alpha value is -3.45. The molecule has 5 rings (SSSR count). The van der Waals surface area contributed by atoms with Gasteiger partial charge in [-0.1, -0.05) is 30.3 Å². The molecule has 0 fully saturated rings. The van der Waals surface area contributed by atoms with Crippen molar-refractivity contribution in [1.29, 1.82) is 0 Å². The lowest BCUT2D eigenvalue weighted by molar-refractivity contribution is 0.932. The first-order valence-corrected chi connectivity index (χ1v) is 9.30. The standard InChI is InChI=1S/C20H15N5OS/c1-12-16(15-11-14(26)7-10-25(15)24-12)20-23-17(13-5-3-2-4-6-13)18(27-20)19-21-8-9-22-19/h2-11,24H,1H3,(H,21,22). The van der Waals surface area contributed by atoms with E-state index in [-0.39, 0.29) is 5.43 Å². The smallest absolute Gasteiger partial charge is 0.182 e. The van der Waals surface area contributed by atoms with E-state index in [4.69, 9.17) is 4.98 Å². The van der Waals surface area contributed by atoms with Gasteiger partial charge >= 0.3 is 0 Å². The first-order valence-electron chi connectivity index (χ1n) is 8.48. The molecule has 0 bridgehead atoms. The summed E-state index contributed by atoms with van der Waals surface area (Å²) in [7, 11) is 0. The third-order valence-corrected chi connectivity index (χ3v) is 5.53. The van der Waals surface area contributed by atoms with Crippen molar-refractivity contribution in [2.24, 2.45) is 0 Å². The molecule has 5 aromatic rings. The average Bonchev–Trinajstić information content (AvgIpc) is 3.39. The highest BCUT2D eigenvalue weighted by Gasteiger charge is 2.21. The highest BCUT2D eigenvalue weighted by Crippen LogP contribution is 2.41. The summed E-state index contributed by atoms with van der Waals surface area (Å²) in [5, 5.41) is 4.13. The molecular weight excluding hydrogens is 358 g/mol. The van der Waals surface area contributed by atoms with Crippen LogP contribution in [0.2, 0.25) is 0 Å². The van der Waals surface area contributed by atoms with Crippen molar-refractivity contribution < 1.29 is 0 Å². The van der Waals surface area contributed by atoms with Gasteiger partial charge in [-0.2, -0.15) is 0 Å². The van der Waals surface area contributed by atoms with Crippen LogP contribution in [0.5, 0.6) is 0 Å². The number of imidazole rings is 1. The highest BCUT2D eigenvalue weighted by molar-refractivity contribution is 7.19. The molecule has 0 radical (unpaired) electrons. The molecule has 27 heavy (non-hydrogen) atoms. The molecule has 0 saturated heterocycles. The van der Waals surface area contributed by atoms with Gasteiger partial charge in [-0.25, -0.2) is 9.97 Å². The van der Waals surface area contributed by atoms with Gasteiger partial charge in [-0.05, 0) is 6.92 Å². The Morgan fingerprint density at radius 3 is 2.78 bits per heavy atom. The quantitative estimate of drug-likeness (QED) is 0.499. The summed E-state index contributed by atoms with van der Waals surface area (Å²) >= 11 is 1.56. The van der Waals surface area contributed by atoms with Crippen LogP contribution in [0.15, 0.2) is 65.8 Å². The molecule has 0 unspecified atom stereocenters. The minimum absolute atomic E-state index is 0.0265. The van der Waals surface area contributed by atoms with E-state index < -0.39 is 0 Å². The minimum atomic E-state index is -0.0265. The second-order valence-corrected chi connectivity index (χ2v) is 7.23. The molecule has 0 aliphatic heterocycles. The van der Waals surface area contributed by atoms with Gasteiger partial charge < -0.3 is 4.98 Å². The molecule has 0 atom stereocenters. The number of fused-ring (bicyclic) bond motifs is 1. The Kier molecular flexibility index (Phi) is 3.54. The molecule has 0 aliphatic rings. The Balaban J connectivity index is 1.79. The maximum absolute atomic E-state index is 11.9. The summed E-state index contributed by atoms with van der Waals surface area (Å²) in [6.07, 6.45) is 5.29. The zero-order valence-electron chi connectivity index (χ0n) is 14.4. The van der Waals surface area contributed by atoms with E-state index >= 15 is 0 Å². The first-order chi connectivity index (χ1) is 13.2. The van der Waals surface area contributed by atoms with Crippen molar-refractivity contribution in [3.63, 3.8) is 0 Å². The third kappa shape index (κ3) is 2.60. The van der Waals surface area contributed by atoms with Crippen LogP contribution < -0.4 is 5.43 Å². The molecule has 6 nitrogen and oxygen atoms in total. The van der Waals surface area contributed by atoms with Crippen molar-refractivity contribution in [2.75, 3.05) is 0 Å². The summed E-state index contributed by atoms with van der Waals surface area (Å²) < 4.78 is 1.85. The number of aromatic amines is 2. The molecule has 132 valence electrons. The van der Waals surface area contributed by atoms with Gasteiger partial charge in [0.1, 0.15) is 10.8 Å². The van der Waals surface area contributed by atoms with Crippen molar-refractivity contribution in [3.05, 3.63) is 77.0 Å². The minimum Gasteiger partial charge on any atom is -0.344 e. The normalized spacial score (nSPS) is 11.3. The summed E-state index contributed by atoms with van der Waals surface area (Å²) in [5.74, 6) is 0.785. The van der Waals surface area contributed by atoms with Crippen molar-refractivity contribution in [3.8, 4) is 32.5 Å². The number of nitrogens with zero attached hydrogens (tertiary/aromatic N) is 3. The SMILES string of the molecule is Cc1[nH]n2ccc(=O)cc2c1-c1nc(-c2ccccc2)c(-c2ncc[nH]2)s1. The Labute approximate surface area is 158 Å². The fourth-order valence-corrected chi connectivity index (χ4v) is 4.40. The number of aryl methyl sites for hydroxylation is 1. The number of thiazole rings is 1. The van der Waals surface area contributed by atoms with E-state index in [1.165, 1.54) is 6.07 Å². The van der Waals surface area contributed by atoms with Crippen molar-refractivity contribution in [2.45, 2.75) is 6.92 Å². The highest BCUT2D eigenvalue weighted by atomic mass is 32.1. The average molecular weight is 373 g/mol. The fourth-order valence-electron chi connectivity index (χ4n) is 3.24. The number of hydrogen-bond donors (Lipinski definition) is 2. The van der Waals surface area contributed by atoms with Gasteiger partial charge in [0.15, 0.2) is 5.43 Å². The maximum Gasteiger partial charge on any atom is 0.182 e. The molecule has 0 saturated carbocycles. The lowest BCUT2D eigenvalue weighted by Gasteiger charge is -1.99. The maximum atomic E-state index is 11.9. The van der Waals surface area contributed by atoms with Crippen molar-refractivity contribution in [1.82, 2.24) is 24.6 Å². The van der Waals surface area contributed by atoms with Crippen molar-refractivity contribution >= 4 is 16.9 Å². The lowest BCUT2D eigenvalue weighted by atomic mass is 10.1. The number of aromatic nitrogens is 5. The van der Waals surface area contributed by atoms with Crippen LogP contribution in [0, 0.1) is 6.92 Å². The van der Waals surface area contributed by atoms with Crippen LogP contribution in [0.25, 0.3) is 38.0 Å².